The second-order valence-corrected chi connectivity index (χ2v) is 9.91. The van der Waals surface area contributed by atoms with Crippen molar-refractivity contribution in [1.29, 1.82) is 0 Å². The molecule has 0 bridgehead atoms. The van der Waals surface area contributed by atoms with E-state index in [-0.39, 0.29) is 11.1 Å². The van der Waals surface area contributed by atoms with Gasteiger partial charge in [0.15, 0.2) is 11.5 Å². The third kappa shape index (κ3) is 6.45. The molecule has 0 spiro atoms. The average Bonchev–Trinajstić information content (AvgIpc) is 3.05. The Morgan fingerprint density at radius 2 is 1.50 bits per heavy atom. The molecule has 0 atom stereocenters. The molecule has 1 amide bonds. The number of nitrogen functional groups attached to an aromatic ring is 1. The van der Waals surface area contributed by atoms with Crippen LogP contribution >= 0.6 is 0 Å². The summed E-state index contributed by atoms with van der Waals surface area (Å²) < 4.78 is 31.2. The quantitative estimate of drug-likeness (QED) is 0.207. The van der Waals surface area contributed by atoms with E-state index in [1.807, 2.05) is 36.4 Å². The number of halogens is 1. The van der Waals surface area contributed by atoms with Crippen LogP contribution in [0, 0.1) is 5.82 Å². The number of carbonyl (C=O) groups is 1. The monoisotopic (exact) mass is 594 g/mol. The van der Waals surface area contributed by atoms with Crippen molar-refractivity contribution in [3.05, 3.63) is 113 Å². The smallest absolute Gasteiger partial charge is 0.261 e. The molecular formula is C34H31FN4O5. The fourth-order valence-corrected chi connectivity index (χ4v) is 4.77. The van der Waals surface area contributed by atoms with Gasteiger partial charge in [0.05, 0.1) is 20.8 Å². The molecule has 0 radical (unpaired) electrons. The zero-order valence-electron chi connectivity index (χ0n) is 24.5. The van der Waals surface area contributed by atoms with E-state index in [0.717, 1.165) is 16.7 Å². The van der Waals surface area contributed by atoms with Crippen LogP contribution in [-0.4, -0.2) is 43.4 Å². The number of methoxy groups -OCH3 is 3. The first-order chi connectivity index (χ1) is 21.3. The minimum atomic E-state index is -0.575. The van der Waals surface area contributed by atoms with Crippen LogP contribution in [0.4, 0.5) is 15.9 Å². The SMILES string of the molecule is COCCn1cc(C(=O)Nc2ccc(-c3cc(-c4ccc(OC)c(OC)c4)cnc3N)cc2)c(=O)c(-c2ccc(F)cc2)c1. The zero-order chi connectivity index (χ0) is 31.2. The molecule has 224 valence electrons. The minimum Gasteiger partial charge on any atom is -0.493 e. The van der Waals surface area contributed by atoms with Crippen molar-refractivity contribution in [2.45, 2.75) is 6.54 Å². The van der Waals surface area contributed by atoms with Crippen LogP contribution in [0.3, 0.4) is 0 Å². The van der Waals surface area contributed by atoms with Crippen LogP contribution in [0.25, 0.3) is 33.4 Å². The van der Waals surface area contributed by atoms with Gasteiger partial charge in [0.2, 0.25) is 5.43 Å². The summed E-state index contributed by atoms with van der Waals surface area (Å²) in [5, 5.41) is 2.81. The summed E-state index contributed by atoms with van der Waals surface area (Å²) in [6, 6.07) is 20.2. The highest BCUT2D eigenvalue weighted by molar-refractivity contribution is 6.04. The van der Waals surface area contributed by atoms with Gasteiger partial charge < -0.3 is 29.8 Å². The number of nitrogens with two attached hydrogens (primary N) is 1. The average molecular weight is 595 g/mol. The largest absolute Gasteiger partial charge is 0.493 e. The number of carbonyl (C=O) groups excluding carboxylic acids is 1. The van der Waals surface area contributed by atoms with Gasteiger partial charge in [-0.3, -0.25) is 9.59 Å². The highest BCUT2D eigenvalue weighted by atomic mass is 19.1. The molecular weight excluding hydrogens is 563 g/mol. The summed E-state index contributed by atoms with van der Waals surface area (Å²) in [6.07, 6.45) is 4.81. The molecule has 10 heteroatoms. The van der Waals surface area contributed by atoms with Crippen LogP contribution in [0.5, 0.6) is 11.5 Å². The predicted octanol–water partition coefficient (Wildman–Crippen LogP) is 5.88. The molecule has 3 N–H and O–H groups in total. The number of nitrogens with one attached hydrogen (secondary N) is 1. The third-order valence-corrected chi connectivity index (χ3v) is 7.12. The normalized spacial score (nSPS) is 10.8. The zero-order valence-corrected chi connectivity index (χ0v) is 24.5. The maximum Gasteiger partial charge on any atom is 0.261 e. The summed E-state index contributed by atoms with van der Waals surface area (Å²) in [7, 11) is 4.72. The van der Waals surface area contributed by atoms with E-state index in [2.05, 4.69) is 10.3 Å². The van der Waals surface area contributed by atoms with Gasteiger partial charge in [0.25, 0.3) is 5.91 Å². The number of benzene rings is 3. The fourth-order valence-electron chi connectivity index (χ4n) is 4.77. The second kappa shape index (κ2) is 13.2. The molecule has 5 rings (SSSR count). The summed E-state index contributed by atoms with van der Waals surface area (Å²) >= 11 is 0. The Hall–Kier alpha value is -5.48. The van der Waals surface area contributed by atoms with E-state index < -0.39 is 17.2 Å². The molecule has 44 heavy (non-hydrogen) atoms. The van der Waals surface area contributed by atoms with E-state index in [4.69, 9.17) is 19.9 Å². The topological polar surface area (TPSA) is 118 Å². The van der Waals surface area contributed by atoms with Crippen LogP contribution in [0.1, 0.15) is 10.4 Å². The van der Waals surface area contributed by atoms with Crippen molar-refractivity contribution in [2.75, 3.05) is 39.0 Å². The molecule has 0 aliphatic heterocycles. The molecule has 2 heterocycles. The molecule has 0 aliphatic carbocycles. The Kier molecular flexibility index (Phi) is 9.01. The molecule has 0 fully saturated rings. The molecule has 3 aromatic carbocycles. The van der Waals surface area contributed by atoms with E-state index in [1.54, 1.807) is 50.4 Å². The van der Waals surface area contributed by atoms with Gasteiger partial charge in [0, 0.05) is 54.6 Å². The number of amides is 1. The highest BCUT2D eigenvalue weighted by Crippen LogP contribution is 2.35. The highest BCUT2D eigenvalue weighted by Gasteiger charge is 2.17. The summed E-state index contributed by atoms with van der Waals surface area (Å²) in [5.41, 5.74) is 10.2. The number of anilines is 2. The number of ether oxygens (including phenoxy) is 3. The first-order valence-electron chi connectivity index (χ1n) is 13.7. The third-order valence-electron chi connectivity index (χ3n) is 7.12. The number of hydrogen-bond acceptors (Lipinski definition) is 7. The fraction of sp³-hybridized carbons (Fsp3) is 0.147. The number of aromatic nitrogens is 2. The summed E-state index contributed by atoms with van der Waals surface area (Å²) in [4.78, 5) is 31.1. The minimum absolute atomic E-state index is 0.0527. The van der Waals surface area contributed by atoms with Crippen LogP contribution in [0.2, 0.25) is 0 Å². The van der Waals surface area contributed by atoms with Crippen LogP contribution < -0.4 is 26.0 Å². The first-order valence-corrected chi connectivity index (χ1v) is 13.7. The van der Waals surface area contributed by atoms with Gasteiger partial charge in [-0.25, -0.2) is 9.37 Å². The number of nitrogens with zero attached hydrogens (tertiary/aromatic N) is 2. The Bertz CT molecular complexity index is 1850. The molecule has 9 nitrogen and oxygen atoms in total. The van der Waals surface area contributed by atoms with Gasteiger partial charge in [-0.2, -0.15) is 0 Å². The molecule has 0 aliphatic rings. The maximum atomic E-state index is 13.5. The number of pyridine rings is 2. The first kappa shape index (κ1) is 30.0. The Morgan fingerprint density at radius 3 is 2.18 bits per heavy atom. The van der Waals surface area contributed by atoms with Gasteiger partial charge in [-0.1, -0.05) is 30.3 Å². The molecule has 0 saturated carbocycles. The van der Waals surface area contributed by atoms with Gasteiger partial charge in [-0.05, 0) is 59.2 Å². The van der Waals surface area contributed by atoms with Crippen LogP contribution in [-0.2, 0) is 11.3 Å². The van der Waals surface area contributed by atoms with Crippen molar-refractivity contribution >= 4 is 17.4 Å². The van der Waals surface area contributed by atoms with E-state index >= 15 is 0 Å². The van der Waals surface area contributed by atoms with Gasteiger partial charge in [0.1, 0.15) is 17.2 Å². The lowest BCUT2D eigenvalue weighted by Crippen LogP contribution is -2.25. The van der Waals surface area contributed by atoms with Crippen molar-refractivity contribution in [2.24, 2.45) is 0 Å². The van der Waals surface area contributed by atoms with Crippen molar-refractivity contribution < 1.29 is 23.4 Å². The lowest BCUT2D eigenvalue weighted by Gasteiger charge is -2.13. The lowest BCUT2D eigenvalue weighted by molar-refractivity contribution is 0.102. The summed E-state index contributed by atoms with van der Waals surface area (Å²) in [6.45, 7) is 0.789. The summed E-state index contributed by atoms with van der Waals surface area (Å²) in [5.74, 6) is 0.566. The Morgan fingerprint density at radius 1 is 0.841 bits per heavy atom. The van der Waals surface area contributed by atoms with Crippen molar-refractivity contribution in [3.8, 4) is 44.9 Å². The van der Waals surface area contributed by atoms with Crippen molar-refractivity contribution in [1.82, 2.24) is 9.55 Å². The lowest BCUT2D eigenvalue weighted by atomic mass is 10.0. The number of rotatable bonds is 10. The molecule has 0 unspecified atom stereocenters. The van der Waals surface area contributed by atoms with Gasteiger partial charge >= 0.3 is 0 Å². The molecule has 5 aromatic rings. The van der Waals surface area contributed by atoms with Gasteiger partial charge in [-0.15, -0.1) is 0 Å². The standard InChI is InChI=1S/C34H31FN4O5/c1-42-15-14-39-19-28(22-4-9-25(35)10-5-22)32(40)29(20-39)34(41)38-26-11-6-21(7-12-26)27-16-24(18-37-33(27)36)23-8-13-30(43-2)31(17-23)44-3/h4-13,16-20H,14-15H2,1-3H3,(H2,36,37)(H,38,41). The van der Waals surface area contributed by atoms with E-state index in [0.29, 0.717) is 47.3 Å². The number of hydrogen-bond donors (Lipinski definition) is 2. The Labute approximate surface area is 253 Å². The van der Waals surface area contributed by atoms with E-state index in [9.17, 15) is 14.0 Å². The Balaban J connectivity index is 1.41. The van der Waals surface area contributed by atoms with E-state index in [1.165, 1.54) is 30.5 Å². The molecule has 0 saturated heterocycles. The predicted molar refractivity (Wildman–Crippen MR) is 169 cm³/mol. The maximum absolute atomic E-state index is 13.5. The second-order valence-electron chi connectivity index (χ2n) is 9.91. The van der Waals surface area contributed by atoms with Crippen molar-refractivity contribution in [3.63, 3.8) is 0 Å². The molecule has 2 aromatic heterocycles. The van der Waals surface area contributed by atoms with Crippen LogP contribution in [0.15, 0.2) is 96.2 Å².